The van der Waals surface area contributed by atoms with Gasteiger partial charge >= 0.3 is 0 Å². The molecule has 0 radical (unpaired) electrons. The number of piperidine rings is 1. The van der Waals surface area contributed by atoms with Crippen molar-refractivity contribution in [2.24, 2.45) is 5.92 Å². The third-order valence-electron chi connectivity index (χ3n) is 5.31. The van der Waals surface area contributed by atoms with Crippen molar-refractivity contribution in [1.29, 1.82) is 0 Å². The maximum atomic E-state index is 12.5. The SMILES string of the molecule is O=C(CN1CCC(C(=O)NC2CC2)CC1)Nc1cccc2ccccc12. The zero-order chi connectivity index (χ0) is 17.9. The van der Waals surface area contributed by atoms with Gasteiger partial charge in [0.25, 0.3) is 0 Å². The van der Waals surface area contributed by atoms with Gasteiger partial charge in [0.2, 0.25) is 11.8 Å². The van der Waals surface area contributed by atoms with Gasteiger partial charge in [-0.15, -0.1) is 0 Å². The Bertz CT molecular complexity index is 803. The van der Waals surface area contributed by atoms with Crippen LogP contribution in [0.2, 0.25) is 0 Å². The summed E-state index contributed by atoms with van der Waals surface area (Å²) in [6, 6.07) is 14.4. The van der Waals surface area contributed by atoms with Gasteiger partial charge in [-0.05, 0) is 50.2 Å². The van der Waals surface area contributed by atoms with E-state index in [2.05, 4.69) is 15.5 Å². The van der Waals surface area contributed by atoms with Crippen LogP contribution in [-0.4, -0.2) is 42.4 Å². The van der Waals surface area contributed by atoms with E-state index < -0.39 is 0 Å². The van der Waals surface area contributed by atoms with Crippen LogP contribution >= 0.6 is 0 Å². The van der Waals surface area contributed by atoms with E-state index in [-0.39, 0.29) is 17.7 Å². The monoisotopic (exact) mass is 351 g/mol. The van der Waals surface area contributed by atoms with Crippen molar-refractivity contribution < 1.29 is 9.59 Å². The van der Waals surface area contributed by atoms with E-state index in [1.54, 1.807) is 0 Å². The van der Waals surface area contributed by atoms with Crippen LogP contribution in [0.5, 0.6) is 0 Å². The fraction of sp³-hybridized carbons (Fsp3) is 0.429. The van der Waals surface area contributed by atoms with E-state index in [1.165, 1.54) is 0 Å². The number of nitrogens with zero attached hydrogens (tertiary/aromatic N) is 1. The molecule has 2 aromatic rings. The molecule has 1 aliphatic heterocycles. The van der Waals surface area contributed by atoms with E-state index in [0.717, 1.165) is 55.2 Å². The molecule has 136 valence electrons. The van der Waals surface area contributed by atoms with Gasteiger partial charge in [-0.2, -0.15) is 0 Å². The minimum Gasteiger partial charge on any atom is -0.353 e. The summed E-state index contributed by atoms with van der Waals surface area (Å²) < 4.78 is 0. The molecule has 4 rings (SSSR count). The molecule has 5 heteroatoms. The van der Waals surface area contributed by atoms with Crippen LogP contribution in [0.15, 0.2) is 42.5 Å². The highest BCUT2D eigenvalue weighted by Crippen LogP contribution is 2.24. The van der Waals surface area contributed by atoms with Crippen molar-refractivity contribution in [2.75, 3.05) is 25.0 Å². The molecule has 2 aliphatic rings. The fourth-order valence-electron chi connectivity index (χ4n) is 3.63. The number of likely N-dealkylation sites (tertiary alicyclic amines) is 1. The van der Waals surface area contributed by atoms with Crippen LogP contribution in [0.25, 0.3) is 10.8 Å². The van der Waals surface area contributed by atoms with E-state index in [1.807, 2.05) is 42.5 Å². The molecular formula is C21H25N3O2. The van der Waals surface area contributed by atoms with Crippen molar-refractivity contribution in [3.63, 3.8) is 0 Å². The Morgan fingerprint density at radius 2 is 1.69 bits per heavy atom. The second-order valence-electron chi connectivity index (χ2n) is 7.41. The molecule has 2 fully saturated rings. The summed E-state index contributed by atoms with van der Waals surface area (Å²) in [6.45, 7) is 1.97. The number of benzene rings is 2. The summed E-state index contributed by atoms with van der Waals surface area (Å²) in [5.41, 5.74) is 0.854. The van der Waals surface area contributed by atoms with Crippen LogP contribution < -0.4 is 10.6 Å². The maximum absolute atomic E-state index is 12.5. The van der Waals surface area contributed by atoms with Crippen molar-refractivity contribution >= 4 is 28.3 Å². The Balaban J connectivity index is 1.29. The lowest BCUT2D eigenvalue weighted by Crippen LogP contribution is -2.43. The zero-order valence-corrected chi connectivity index (χ0v) is 14.9. The lowest BCUT2D eigenvalue weighted by atomic mass is 9.96. The Hall–Kier alpha value is -2.40. The van der Waals surface area contributed by atoms with E-state index in [9.17, 15) is 9.59 Å². The minimum atomic E-state index is 0.00207. The maximum Gasteiger partial charge on any atom is 0.238 e. The van der Waals surface area contributed by atoms with Gasteiger partial charge in [-0.1, -0.05) is 36.4 Å². The van der Waals surface area contributed by atoms with Gasteiger partial charge in [0.05, 0.1) is 6.54 Å². The number of hydrogen-bond donors (Lipinski definition) is 2. The number of carbonyl (C=O) groups excluding carboxylic acids is 2. The van der Waals surface area contributed by atoms with E-state index >= 15 is 0 Å². The first kappa shape index (κ1) is 17.0. The van der Waals surface area contributed by atoms with Gasteiger partial charge in [-0.25, -0.2) is 0 Å². The third kappa shape index (κ3) is 4.05. The predicted octanol–water partition coefficient (Wildman–Crippen LogP) is 2.77. The second kappa shape index (κ2) is 7.46. The summed E-state index contributed by atoms with van der Waals surface area (Å²) in [6.07, 6.45) is 3.91. The highest BCUT2D eigenvalue weighted by molar-refractivity contribution is 6.02. The summed E-state index contributed by atoms with van der Waals surface area (Å²) in [5.74, 6) is 0.308. The lowest BCUT2D eigenvalue weighted by molar-refractivity contribution is -0.126. The lowest BCUT2D eigenvalue weighted by Gasteiger charge is -2.30. The quantitative estimate of drug-likeness (QED) is 0.871. The standard InChI is InChI=1S/C21H25N3O2/c25-20(23-19-7-3-5-15-4-1-2-6-18(15)19)14-24-12-10-16(11-13-24)21(26)22-17-8-9-17/h1-7,16-17H,8-14H2,(H,22,26)(H,23,25). The summed E-state index contributed by atoms with van der Waals surface area (Å²) in [5, 5.41) is 8.31. The van der Waals surface area contributed by atoms with Crippen molar-refractivity contribution in [3.05, 3.63) is 42.5 Å². The van der Waals surface area contributed by atoms with Gasteiger partial charge in [0.15, 0.2) is 0 Å². The number of hydrogen-bond acceptors (Lipinski definition) is 3. The highest BCUT2D eigenvalue weighted by atomic mass is 16.2. The van der Waals surface area contributed by atoms with E-state index in [4.69, 9.17) is 0 Å². The molecular weight excluding hydrogens is 326 g/mol. The van der Waals surface area contributed by atoms with Crippen LogP contribution in [0, 0.1) is 5.92 Å². The van der Waals surface area contributed by atoms with Crippen LogP contribution in [0.3, 0.4) is 0 Å². The predicted molar refractivity (Wildman–Crippen MR) is 103 cm³/mol. The molecule has 5 nitrogen and oxygen atoms in total. The number of carbonyl (C=O) groups is 2. The minimum absolute atomic E-state index is 0.00207. The molecule has 0 atom stereocenters. The van der Waals surface area contributed by atoms with Crippen LogP contribution in [-0.2, 0) is 9.59 Å². The van der Waals surface area contributed by atoms with Gasteiger partial charge in [0, 0.05) is 23.0 Å². The number of rotatable bonds is 5. The molecule has 2 aromatic carbocycles. The molecule has 26 heavy (non-hydrogen) atoms. The number of fused-ring (bicyclic) bond motifs is 1. The highest BCUT2D eigenvalue weighted by Gasteiger charge is 2.30. The van der Waals surface area contributed by atoms with Gasteiger partial charge in [0.1, 0.15) is 0 Å². The first-order valence-corrected chi connectivity index (χ1v) is 9.49. The van der Waals surface area contributed by atoms with Gasteiger partial charge < -0.3 is 10.6 Å². The smallest absolute Gasteiger partial charge is 0.238 e. The Morgan fingerprint density at radius 1 is 0.962 bits per heavy atom. The topological polar surface area (TPSA) is 61.4 Å². The Labute approximate surface area is 153 Å². The number of amides is 2. The Kier molecular flexibility index (Phi) is 4.89. The molecule has 1 aliphatic carbocycles. The molecule has 0 bridgehead atoms. The first-order chi connectivity index (χ1) is 12.7. The van der Waals surface area contributed by atoms with Crippen molar-refractivity contribution in [3.8, 4) is 0 Å². The summed E-state index contributed by atoms with van der Waals surface area (Å²) >= 11 is 0. The average molecular weight is 351 g/mol. The first-order valence-electron chi connectivity index (χ1n) is 9.49. The van der Waals surface area contributed by atoms with Crippen LogP contribution in [0.1, 0.15) is 25.7 Å². The summed E-state index contributed by atoms with van der Waals surface area (Å²) in [4.78, 5) is 26.7. The molecule has 0 spiro atoms. The molecule has 0 unspecified atom stereocenters. The molecule has 2 amide bonds. The molecule has 0 aromatic heterocycles. The van der Waals surface area contributed by atoms with E-state index in [0.29, 0.717) is 12.6 Å². The molecule has 2 N–H and O–H groups in total. The average Bonchev–Trinajstić information content (AvgIpc) is 3.46. The second-order valence-corrected chi connectivity index (χ2v) is 7.41. The number of anilines is 1. The van der Waals surface area contributed by atoms with Gasteiger partial charge in [-0.3, -0.25) is 14.5 Å². The Morgan fingerprint density at radius 3 is 2.46 bits per heavy atom. The largest absolute Gasteiger partial charge is 0.353 e. The third-order valence-corrected chi connectivity index (χ3v) is 5.31. The summed E-state index contributed by atoms with van der Waals surface area (Å²) in [7, 11) is 0. The fourth-order valence-corrected chi connectivity index (χ4v) is 3.63. The molecule has 1 heterocycles. The normalized spacial score (nSPS) is 18.6. The van der Waals surface area contributed by atoms with Crippen molar-refractivity contribution in [2.45, 2.75) is 31.7 Å². The van der Waals surface area contributed by atoms with Crippen LogP contribution in [0.4, 0.5) is 5.69 Å². The molecule has 1 saturated heterocycles. The zero-order valence-electron chi connectivity index (χ0n) is 14.9. The number of nitrogens with one attached hydrogen (secondary N) is 2. The molecule has 1 saturated carbocycles. The van der Waals surface area contributed by atoms with Crippen molar-refractivity contribution in [1.82, 2.24) is 10.2 Å².